The highest BCUT2D eigenvalue weighted by atomic mass is 28.3. The zero-order valence-electron chi connectivity index (χ0n) is 31.6. The molecule has 52 heavy (non-hydrogen) atoms. The third kappa shape index (κ3) is 7.01. The second-order valence-electron chi connectivity index (χ2n) is 15.3. The van der Waals surface area contributed by atoms with Crippen molar-refractivity contribution >= 4 is 47.4 Å². The van der Waals surface area contributed by atoms with Crippen molar-refractivity contribution < 1.29 is 24.2 Å². The average molecular weight is 720 g/mol. The van der Waals surface area contributed by atoms with Crippen molar-refractivity contribution in [3.63, 3.8) is 0 Å². The van der Waals surface area contributed by atoms with E-state index in [0.717, 1.165) is 46.3 Å². The van der Waals surface area contributed by atoms with Crippen LogP contribution in [0.25, 0.3) is 10.9 Å². The first-order valence-electron chi connectivity index (χ1n) is 18.4. The molecule has 0 aliphatic carbocycles. The molecule has 0 unspecified atom stereocenters. The summed E-state index contributed by atoms with van der Waals surface area (Å²) in [6.45, 7) is 13.5. The van der Waals surface area contributed by atoms with E-state index in [-0.39, 0.29) is 42.4 Å². The molecule has 3 N–H and O–H groups in total. The fourth-order valence-corrected chi connectivity index (χ4v) is 12.6. The summed E-state index contributed by atoms with van der Waals surface area (Å²) in [5.74, 6) is 0.366. The zero-order chi connectivity index (χ0) is 37.2. The van der Waals surface area contributed by atoms with Crippen LogP contribution >= 0.6 is 0 Å². The van der Waals surface area contributed by atoms with Crippen molar-refractivity contribution in [3.8, 4) is 5.75 Å². The van der Waals surface area contributed by atoms with Crippen LogP contribution in [0, 0.1) is 5.92 Å². The molecule has 1 spiro atoms. The van der Waals surface area contributed by atoms with Gasteiger partial charge in [0.15, 0.2) is 5.60 Å². The number of hydrogen-bond donors (Lipinski definition) is 3. The quantitative estimate of drug-likeness (QED) is 0.0961. The van der Waals surface area contributed by atoms with Crippen LogP contribution in [0.1, 0.15) is 58.1 Å². The Hall–Kier alpha value is -4.44. The van der Waals surface area contributed by atoms with E-state index in [1.807, 2.05) is 65.7 Å². The van der Waals surface area contributed by atoms with Crippen molar-refractivity contribution in [1.82, 2.24) is 4.98 Å². The number of nitrogens with one attached hydrogen (secondary N) is 2. The van der Waals surface area contributed by atoms with Crippen LogP contribution in [0.5, 0.6) is 5.75 Å². The van der Waals surface area contributed by atoms with Crippen molar-refractivity contribution in [2.24, 2.45) is 5.92 Å². The van der Waals surface area contributed by atoms with E-state index >= 15 is 4.79 Å². The second-order valence-corrected chi connectivity index (χ2v) is 20.0. The van der Waals surface area contributed by atoms with E-state index in [1.54, 1.807) is 7.11 Å². The second kappa shape index (κ2) is 15.3. The molecule has 4 atom stereocenters. The molecule has 0 bridgehead atoms. The third-order valence-corrected chi connectivity index (χ3v) is 15.6. The smallest absolute Gasteiger partial charge is 0.264 e. The lowest BCUT2D eigenvalue weighted by Gasteiger charge is -2.37. The first kappa shape index (κ1) is 37.3. The Morgan fingerprint density at radius 3 is 2.54 bits per heavy atom. The number of hydrogen-bond acceptors (Lipinski definition) is 5. The average Bonchev–Trinajstić information content (AvgIpc) is 3.73. The molecule has 2 amide bonds. The lowest BCUT2D eigenvalue weighted by molar-refractivity contribution is -0.146. The van der Waals surface area contributed by atoms with Crippen LogP contribution in [-0.4, -0.2) is 56.3 Å². The summed E-state index contributed by atoms with van der Waals surface area (Å²) in [6.07, 6.45) is 8.45. The summed E-state index contributed by atoms with van der Waals surface area (Å²) in [4.78, 5) is 33.6. The fourth-order valence-electron chi connectivity index (χ4n) is 8.56. The van der Waals surface area contributed by atoms with E-state index < -0.39 is 13.7 Å². The number of fused-ring (bicyclic) bond motifs is 3. The molecule has 1 saturated heterocycles. The molecular weight excluding hydrogens is 667 g/mol. The molecule has 1 fully saturated rings. The number of aromatic amines is 1. The molecule has 3 aromatic carbocycles. The summed E-state index contributed by atoms with van der Waals surface area (Å²) in [5, 5.41) is 15.7. The van der Waals surface area contributed by atoms with Crippen LogP contribution in [0.2, 0.25) is 18.6 Å². The van der Waals surface area contributed by atoms with Gasteiger partial charge in [0.05, 0.1) is 33.4 Å². The minimum Gasteiger partial charge on any atom is -0.497 e. The fraction of sp³-hybridized carbons (Fsp3) is 0.395. The van der Waals surface area contributed by atoms with Crippen LogP contribution < -0.4 is 20.1 Å². The van der Waals surface area contributed by atoms with E-state index in [2.05, 4.69) is 75.4 Å². The number of aromatic nitrogens is 1. The number of para-hydroxylation sites is 1. The predicted octanol–water partition coefficient (Wildman–Crippen LogP) is 8.00. The number of rotatable bonds is 13. The number of benzene rings is 3. The molecule has 6 rings (SSSR count). The molecule has 2 aliphatic rings. The Labute approximate surface area is 308 Å². The summed E-state index contributed by atoms with van der Waals surface area (Å²) in [6, 6.07) is 22.0. The standard InChI is InChI=1S/C43H53N3O5Si/c1-28(2)11-10-12-29(3)21-23-46-38-20-15-32(45-40(48)25-31-27-44-37-14-9-8-13-35(31)37)26-36(38)43(42(46)49)30(4)41(39(51-43)22-24-47)52(6,7)34-18-16-33(50-5)17-19-34/h8-9,11,13-21,26-27,30,39,41,44,47H,10,12,22-25H2,1-7H3,(H,45,48)/b29-21+/t30-,39+,41-,43+/m1/s1. The van der Waals surface area contributed by atoms with Gasteiger partial charge in [0, 0.05) is 47.4 Å². The van der Waals surface area contributed by atoms with E-state index in [4.69, 9.17) is 9.47 Å². The van der Waals surface area contributed by atoms with Crippen molar-refractivity contribution in [2.75, 3.05) is 30.5 Å². The van der Waals surface area contributed by atoms with E-state index in [1.165, 1.54) is 16.3 Å². The molecule has 3 heterocycles. The van der Waals surface area contributed by atoms with Crippen LogP contribution in [0.15, 0.2) is 96.2 Å². The maximum Gasteiger partial charge on any atom is 0.264 e. The number of aliphatic hydroxyl groups is 1. The molecule has 0 radical (unpaired) electrons. The maximum absolute atomic E-state index is 15.0. The van der Waals surface area contributed by atoms with Crippen LogP contribution in [0.3, 0.4) is 0 Å². The van der Waals surface area contributed by atoms with Gasteiger partial charge in [0.1, 0.15) is 5.75 Å². The SMILES string of the molecule is COc1ccc([Si](C)(C)[C@H]2[C@H](CCO)O[C@@]3(C(=O)N(C/C=C(\C)CCC=C(C)C)c4ccc(NC(=O)Cc5c[nH]c6ccccc56)cc43)[C@@H]2C)cc1. The van der Waals surface area contributed by atoms with Gasteiger partial charge in [-0.3, -0.25) is 9.59 Å². The molecular formula is C43H53N3O5Si. The van der Waals surface area contributed by atoms with Gasteiger partial charge < -0.3 is 29.8 Å². The van der Waals surface area contributed by atoms with Crippen LogP contribution in [-0.2, 0) is 26.3 Å². The Morgan fingerprint density at radius 2 is 1.83 bits per heavy atom. The van der Waals surface area contributed by atoms with Crippen molar-refractivity contribution in [2.45, 2.75) is 83.7 Å². The Balaban J connectivity index is 1.37. The third-order valence-electron chi connectivity index (χ3n) is 11.3. The predicted molar refractivity (Wildman–Crippen MR) is 213 cm³/mol. The summed E-state index contributed by atoms with van der Waals surface area (Å²) in [5.41, 5.74) is 5.38. The van der Waals surface area contributed by atoms with E-state index in [9.17, 15) is 9.90 Å². The maximum atomic E-state index is 15.0. The number of nitrogens with zero attached hydrogens (tertiary/aromatic N) is 1. The normalized spacial score (nSPS) is 21.5. The molecule has 1 aromatic heterocycles. The van der Waals surface area contributed by atoms with E-state index in [0.29, 0.717) is 18.7 Å². The highest BCUT2D eigenvalue weighted by Gasteiger charge is 2.66. The highest BCUT2D eigenvalue weighted by Crippen LogP contribution is 2.60. The van der Waals surface area contributed by atoms with Crippen molar-refractivity contribution in [1.29, 1.82) is 0 Å². The minimum absolute atomic E-state index is 0.0197. The number of allylic oxidation sites excluding steroid dienone is 3. The van der Waals surface area contributed by atoms with Gasteiger partial charge >= 0.3 is 0 Å². The Bertz CT molecular complexity index is 1990. The first-order chi connectivity index (χ1) is 24.9. The van der Waals surface area contributed by atoms with Gasteiger partial charge in [-0.2, -0.15) is 0 Å². The molecule has 4 aromatic rings. The number of aliphatic hydroxyl groups excluding tert-OH is 1. The van der Waals surface area contributed by atoms with Crippen molar-refractivity contribution in [3.05, 3.63) is 107 Å². The monoisotopic (exact) mass is 719 g/mol. The molecule has 0 saturated carbocycles. The van der Waals surface area contributed by atoms with Gasteiger partial charge in [0.2, 0.25) is 5.91 Å². The number of methoxy groups -OCH3 is 1. The Morgan fingerprint density at radius 1 is 1.08 bits per heavy atom. The van der Waals surface area contributed by atoms with Gasteiger partial charge in [-0.15, -0.1) is 0 Å². The Kier molecular flexibility index (Phi) is 11.0. The molecule has 274 valence electrons. The molecule has 9 heteroatoms. The number of carbonyl (C=O) groups is 2. The number of amides is 2. The summed E-state index contributed by atoms with van der Waals surface area (Å²) < 4.78 is 12.6. The lowest BCUT2D eigenvalue weighted by atomic mass is 9.82. The minimum atomic E-state index is -2.32. The number of ether oxygens (including phenoxy) is 2. The van der Waals surface area contributed by atoms with Gasteiger partial charge in [-0.1, -0.05) is 78.8 Å². The zero-order valence-corrected chi connectivity index (χ0v) is 32.6. The lowest BCUT2D eigenvalue weighted by Crippen LogP contribution is -2.51. The summed E-state index contributed by atoms with van der Waals surface area (Å²) in [7, 11) is -0.658. The molecule has 8 nitrogen and oxygen atoms in total. The van der Waals surface area contributed by atoms with Gasteiger partial charge in [-0.05, 0) is 87.5 Å². The topological polar surface area (TPSA) is 104 Å². The number of anilines is 2. The summed E-state index contributed by atoms with van der Waals surface area (Å²) >= 11 is 0. The van der Waals surface area contributed by atoms with Crippen LogP contribution in [0.4, 0.5) is 11.4 Å². The first-order valence-corrected chi connectivity index (χ1v) is 21.5. The van der Waals surface area contributed by atoms with Gasteiger partial charge in [-0.25, -0.2) is 0 Å². The largest absolute Gasteiger partial charge is 0.497 e. The van der Waals surface area contributed by atoms with Gasteiger partial charge in [0.25, 0.3) is 5.91 Å². The highest BCUT2D eigenvalue weighted by molar-refractivity contribution is 6.91. The number of carbonyl (C=O) groups excluding carboxylic acids is 2. The molecule has 2 aliphatic heterocycles. The number of H-pyrrole nitrogens is 1.